The van der Waals surface area contributed by atoms with Crippen LogP contribution in [0, 0.1) is 13.8 Å². The second-order valence-electron chi connectivity index (χ2n) is 7.02. The van der Waals surface area contributed by atoms with Gasteiger partial charge in [-0.2, -0.15) is 0 Å². The lowest BCUT2D eigenvalue weighted by atomic mass is 10.1. The Morgan fingerprint density at radius 3 is 2.40 bits per heavy atom. The number of nitrogens with zero attached hydrogens (tertiary/aromatic N) is 3. The van der Waals surface area contributed by atoms with Gasteiger partial charge in [-0.3, -0.25) is 19.4 Å². The summed E-state index contributed by atoms with van der Waals surface area (Å²) >= 11 is 0. The Morgan fingerprint density at radius 1 is 1.16 bits per heavy atom. The number of rotatable bonds is 5. The van der Waals surface area contributed by atoms with Crippen LogP contribution in [-0.4, -0.2) is 79.4 Å². The van der Waals surface area contributed by atoms with Crippen molar-refractivity contribution in [1.82, 2.24) is 14.7 Å². The van der Waals surface area contributed by atoms with Gasteiger partial charge in [0.15, 0.2) is 0 Å². The van der Waals surface area contributed by atoms with Gasteiger partial charge in [-0.15, -0.1) is 0 Å². The average molecular weight is 346 g/mol. The number of hydrogen-bond acceptors (Lipinski definition) is 4. The molecule has 2 rings (SSSR count). The molecule has 0 unspecified atom stereocenters. The monoisotopic (exact) mass is 346 g/mol. The maximum absolute atomic E-state index is 12.3. The van der Waals surface area contributed by atoms with E-state index in [0.29, 0.717) is 6.54 Å². The van der Waals surface area contributed by atoms with Crippen LogP contribution >= 0.6 is 0 Å². The minimum absolute atomic E-state index is 0.0135. The summed E-state index contributed by atoms with van der Waals surface area (Å²) in [6.45, 7) is 9.60. The highest BCUT2D eigenvalue weighted by Crippen LogP contribution is 2.18. The van der Waals surface area contributed by atoms with Crippen molar-refractivity contribution in [3.05, 3.63) is 29.3 Å². The van der Waals surface area contributed by atoms with Gasteiger partial charge in [0.05, 0.1) is 12.6 Å². The third-order valence-corrected chi connectivity index (χ3v) is 5.00. The van der Waals surface area contributed by atoms with Crippen LogP contribution in [-0.2, 0) is 9.59 Å². The molecule has 1 aromatic rings. The summed E-state index contributed by atoms with van der Waals surface area (Å²) < 4.78 is 0. The molecule has 1 N–H and O–H groups in total. The molecule has 0 spiro atoms. The minimum atomic E-state index is -0.110. The Balaban J connectivity index is 1.82. The molecule has 1 aromatic carbocycles. The molecule has 1 heterocycles. The van der Waals surface area contributed by atoms with E-state index in [1.807, 2.05) is 39.0 Å². The first-order valence-electron chi connectivity index (χ1n) is 8.83. The number of piperazine rings is 1. The molecule has 2 amide bonds. The SMILES string of the molecule is Cc1cccc(NC(=O)CN2CCN([C@H](C)C(=O)N(C)C)CC2)c1C. The molecule has 25 heavy (non-hydrogen) atoms. The molecule has 0 saturated carbocycles. The first-order valence-corrected chi connectivity index (χ1v) is 8.83. The summed E-state index contributed by atoms with van der Waals surface area (Å²) in [7, 11) is 3.57. The van der Waals surface area contributed by atoms with E-state index in [0.717, 1.165) is 37.4 Å². The molecule has 1 fully saturated rings. The van der Waals surface area contributed by atoms with E-state index in [1.165, 1.54) is 5.56 Å². The standard InChI is InChI=1S/C19H30N4O2/c1-14-7-6-8-17(15(14)2)20-18(24)13-22-9-11-23(12-10-22)16(3)19(25)21(4)5/h6-8,16H,9-13H2,1-5H3,(H,20,24)/t16-/m1/s1. The van der Waals surface area contributed by atoms with Crippen molar-refractivity contribution in [2.24, 2.45) is 0 Å². The van der Waals surface area contributed by atoms with Crippen molar-refractivity contribution in [1.29, 1.82) is 0 Å². The fraction of sp³-hybridized carbons (Fsp3) is 0.579. The molecule has 0 bridgehead atoms. The Kier molecular flexibility index (Phi) is 6.56. The van der Waals surface area contributed by atoms with Crippen molar-refractivity contribution < 1.29 is 9.59 Å². The van der Waals surface area contributed by atoms with Crippen LogP contribution in [0.15, 0.2) is 18.2 Å². The second-order valence-corrected chi connectivity index (χ2v) is 7.02. The minimum Gasteiger partial charge on any atom is -0.347 e. The number of hydrogen-bond donors (Lipinski definition) is 1. The molecule has 0 radical (unpaired) electrons. The summed E-state index contributed by atoms with van der Waals surface area (Å²) in [5.74, 6) is 0.140. The first kappa shape index (κ1) is 19.4. The highest BCUT2D eigenvalue weighted by Gasteiger charge is 2.27. The number of nitrogens with one attached hydrogen (secondary N) is 1. The van der Waals surface area contributed by atoms with Crippen LogP contribution in [0.3, 0.4) is 0 Å². The van der Waals surface area contributed by atoms with Crippen LogP contribution in [0.2, 0.25) is 0 Å². The van der Waals surface area contributed by atoms with Crippen LogP contribution in [0.5, 0.6) is 0 Å². The molecular weight excluding hydrogens is 316 g/mol. The number of amides is 2. The van der Waals surface area contributed by atoms with E-state index in [2.05, 4.69) is 15.1 Å². The average Bonchev–Trinajstić information content (AvgIpc) is 2.58. The predicted octanol–water partition coefficient (Wildman–Crippen LogP) is 1.34. The molecule has 6 heteroatoms. The van der Waals surface area contributed by atoms with Gasteiger partial charge in [0.1, 0.15) is 0 Å². The number of benzene rings is 1. The van der Waals surface area contributed by atoms with Gasteiger partial charge >= 0.3 is 0 Å². The third kappa shape index (κ3) is 5.03. The summed E-state index contributed by atoms with van der Waals surface area (Å²) in [6, 6.07) is 5.83. The topological polar surface area (TPSA) is 55.9 Å². The zero-order valence-electron chi connectivity index (χ0n) is 16.0. The van der Waals surface area contributed by atoms with Crippen molar-refractivity contribution in [3.8, 4) is 0 Å². The summed E-state index contributed by atoms with van der Waals surface area (Å²) in [5.41, 5.74) is 3.16. The highest BCUT2D eigenvalue weighted by molar-refractivity contribution is 5.93. The van der Waals surface area contributed by atoms with Crippen LogP contribution < -0.4 is 5.32 Å². The lowest BCUT2D eigenvalue weighted by molar-refractivity contribution is -0.134. The van der Waals surface area contributed by atoms with Crippen LogP contribution in [0.1, 0.15) is 18.1 Å². The quantitative estimate of drug-likeness (QED) is 0.874. The maximum Gasteiger partial charge on any atom is 0.239 e. The van der Waals surface area contributed by atoms with E-state index in [1.54, 1.807) is 19.0 Å². The zero-order chi connectivity index (χ0) is 18.6. The summed E-state index contributed by atoms with van der Waals surface area (Å²) in [5, 5.41) is 3.01. The van der Waals surface area contributed by atoms with Crippen molar-refractivity contribution in [2.45, 2.75) is 26.8 Å². The van der Waals surface area contributed by atoms with Gasteiger partial charge in [-0.1, -0.05) is 12.1 Å². The maximum atomic E-state index is 12.3. The number of likely N-dealkylation sites (N-methyl/N-ethyl adjacent to an activating group) is 1. The lowest BCUT2D eigenvalue weighted by Gasteiger charge is -2.37. The lowest BCUT2D eigenvalue weighted by Crippen LogP contribution is -2.54. The van der Waals surface area contributed by atoms with E-state index >= 15 is 0 Å². The largest absolute Gasteiger partial charge is 0.347 e. The third-order valence-electron chi connectivity index (χ3n) is 5.00. The molecule has 0 aromatic heterocycles. The van der Waals surface area contributed by atoms with E-state index in [9.17, 15) is 9.59 Å². The van der Waals surface area contributed by atoms with E-state index < -0.39 is 0 Å². The number of carbonyl (C=O) groups is 2. The number of aryl methyl sites for hydroxylation is 1. The molecule has 1 aliphatic rings. The fourth-order valence-electron chi connectivity index (χ4n) is 3.12. The molecule has 1 atom stereocenters. The second kappa shape index (κ2) is 8.45. The molecular formula is C19H30N4O2. The van der Waals surface area contributed by atoms with Gasteiger partial charge in [-0.05, 0) is 38.0 Å². The van der Waals surface area contributed by atoms with Gasteiger partial charge in [0.25, 0.3) is 0 Å². The highest BCUT2D eigenvalue weighted by atomic mass is 16.2. The van der Waals surface area contributed by atoms with Crippen molar-refractivity contribution >= 4 is 17.5 Å². The van der Waals surface area contributed by atoms with Gasteiger partial charge < -0.3 is 10.2 Å². The molecule has 138 valence electrons. The molecule has 0 aliphatic carbocycles. The Labute approximate surface area is 150 Å². The Hall–Kier alpha value is -1.92. The normalized spacial score (nSPS) is 17.2. The van der Waals surface area contributed by atoms with Crippen LogP contribution in [0.4, 0.5) is 5.69 Å². The number of carbonyl (C=O) groups excluding carboxylic acids is 2. The smallest absolute Gasteiger partial charge is 0.239 e. The van der Waals surface area contributed by atoms with Crippen LogP contribution in [0.25, 0.3) is 0 Å². The predicted molar refractivity (Wildman–Crippen MR) is 101 cm³/mol. The Morgan fingerprint density at radius 2 is 1.80 bits per heavy atom. The molecule has 1 saturated heterocycles. The first-order chi connectivity index (χ1) is 11.8. The summed E-state index contributed by atoms with van der Waals surface area (Å²) in [4.78, 5) is 30.4. The van der Waals surface area contributed by atoms with Crippen molar-refractivity contribution in [2.75, 3.05) is 52.1 Å². The van der Waals surface area contributed by atoms with Crippen molar-refractivity contribution in [3.63, 3.8) is 0 Å². The van der Waals surface area contributed by atoms with Gasteiger partial charge in [0.2, 0.25) is 11.8 Å². The van der Waals surface area contributed by atoms with Gasteiger partial charge in [0, 0.05) is 46.0 Å². The summed E-state index contributed by atoms with van der Waals surface area (Å²) in [6.07, 6.45) is 0. The molecule has 6 nitrogen and oxygen atoms in total. The Bertz CT molecular complexity index is 622. The number of anilines is 1. The van der Waals surface area contributed by atoms with E-state index in [-0.39, 0.29) is 17.9 Å². The zero-order valence-corrected chi connectivity index (χ0v) is 16.0. The van der Waals surface area contributed by atoms with Gasteiger partial charge in [-0.25, -0.2) is 0 Å². The molecule has 1 aliphatic heterocycles. The fourth-order valence-corrected chi connectivity index (χ4v) is 3.12. The van der Waals surface area contributed by atoms with E-state index in [4.69, 9.17) is 0 Å².